The van der Waals surface area contributed by atoms with Gasteiger partial charge in [-0.2, -0.15) is 0 Å². The molecule has 1 aliphatic carbocycles. The van der Waals surface area contributed by atoms with E-state index >= 15 is 0 Å². The minimum absolute atomic E-state index is 0.236. The van der Waals surface area contributed by atoms with Crippen molar-refractivity contribution in [1.82, 2.24) is 0 Å². The Bertz CT molecular complexity index is 404. The largest absolute Gasteiger partial charge is 0.392 e. The predicted molar refractivity (Wildman–Crippen MR) is 61.9 cm³/mol. The third kappa shape index (κ3) is 2.30. The van der Waals surface area contributed by atoms with Crippen LogP contribution in [0, 0.1) is 0 Å². The molecule has 3 nitrogen and oxygen atoms in total. The molecule has 1 aromatic carbocycles. The lowest BCUT2D eigenvalue weighted by atomic mass is 10.1. The van der Waals surface area contributed by atoms with Crippen molar-refractivity contribution >= 4 is 23.1 Å². The maximum Gasteiger partial charge on any atom is 0.115 e. The molecule has 0 bridgehead atoms. The van der Waals surface area contributed by atoms with Gasteiger partial charge in [0, 0.05) is 0 Å². The Balaban J connectivity index is 2.27. The quantitative estimate of drug-likeness (QED) is 0.453. The Kier molecular flexibility index (Phi) is 2.93. The number of benzene rings is 1. The number of rotatable bonds is 2. The van der Waals surface area contributed by atoms with Gasteiger partial charge in [0.2, 0.25) is 0 Å². The van der Waals surface area contributed by atoms with Gasteiger partial charge in [0.25, 0.3) is 0 Å². The summed E-state index contributed by atoms with van der Waals surface area (Å²) in [5.74, 6) is 0.648. The summed E-state index contributed by atoms with van der Waals surface area (Å²) < 4.78 is 0. The van der Waals surface area contributed by atoms with Crippen LogP contribution in [-0.4, -0.2) is 22.9 Å². The van der Waals surface area contributed by atoms with Crippen molar-refractivity contribution in [2.45, 2.75) is 18.9 Å². The Hall–Kier alpha value is -1.06. The third-order valence-electron chi connectivity index (χ3n) is 2.51. The highest BCUT2D eigenvalue weighted by atomic mass is 35.5. The molecule has 80 valence electrons. The highest BCUT2D eigenvalue weighted by molar-refractivity contribution is 6.28. The van der Waals surface area contributed by atoms with Crippen LogP contribution in [0.4, 0.5) is 5.69 Å². The van der Waals surface area contributed by atoms with Crippen molar-refractivity contribution in [1.29, 1.82) is 0 Å². The highest BCUT2D eigenvalue weighted by Gasteiger charge is 2.18. The fraction of sp³-hybridized carbons (Fsp3) is 0.364. The monoisotopic (exact) mass is 224 g/mol. The van der Waals surface area contributed by atoms with E-state index in [1.54, 1.807) is 0 Å². The minimum atomic E-state index is -0.246. The molecule has 1 aromatic rings. The number of amidine groups is 1. The summed E-state index contributed by atoms with van der Waals surface area (Å²) in [6.07, 6.45) is 1.20. The Morgan fingerprint density at radius 1 is 1.47 bits per heavy atom. The van der Waals surface area contributed by atoms with Crippen LogP contribution in [0.25, 0.3) is 0 Å². The molecule has 0 heterocycles. The van der Waals surface area contributed by atoms with Gasteiger partial charge in [0.1, 0.15) is 5.84 Å². The SMILES string of the molecule is NC(CCl)=Nc1ccc2c(c1)CC(O)C2. The average molecular weight is 225 g/mol. The zero-order chi connectivity index (χ0) is 10.8. The molecule has 0 radical (unpaired) electrons. The number of hydrogen-bond acceptors (Lipinski definition) is 2. The summed E-state index contributed by atoms with van der Waals surface area (Å²) in [4.78, 5) is 4.16. The van der Waals surface area contributed by atoms with E-state index in [0.717, 1.165) is 17.7 Å². The third-order valence-corrected chi connectivity index (χ3v) is 2.78. The number of alkyl halides is 1. The van der Waals surface area contributed by atoms with Crippen LogP contribution in [0.2, 0.25) is 0 Å². The normalized spacial score (nSPS) is 20.4. The summed E-state index contributed by atoms with van der Waals surface area (Å²) in [7, 11) is 0. The molecular weight excluding hydrogens is 212 g/mol. The van der Waals surface area contributed by atoms with E-state index < -0.39 is 0 Å². The van der Waals surface area contributed by atoms with Gasteiger partial charge in [0.05, 0.1) is 17.7 Å². The van der Waals surface area contributed by atoms with Crippen molar-refractivity contribution in [2.75, 3.05) is 5.88 Å². The fourth-order valence-electron chi connectivity index (χ4n) is 1.85. The first-order valence-electron chi connectivity index (χ1n) is 4.88. The maximum absolute atomic E-state index is 9.49. The van der Waals surface area contributed by atoms with Crippen molar-refractivity contribution in [3.8, 4) is 0 Å². The molecule has 1 unspecified atom stereocenters. The first kappa shape index (κ1) is 10.5. The van der Waals surface area contributed by atoms with E-state index in [9.17, 15) is 5.11 Å². The number of hydrogen-bond donors (Lipinski definition) is 2. The van der Waals surface area contributed by atoms with Gasteiger partial charge in [-0.1, -0.05) is 6.07 Å². The Labute approximate surface area is 93.6 Å². The molecule has 0 aliphatic heterocycles. The second-order valence-corrected chi connectivity index (χ2v) is 4.02. The van der Waals surface area contributed by atoms with Crippen molar-refractivity contribution in [3.05, 3.63) is 29.3 Å². The molecule has 4 heteroatoms. The average Bonchev–Trinajstić information content (AvgIpc) is 2.57. The van der Waals surface area contributed by atoms with E-state index in [-0.39, 0.29) is 12.0 Å². The van der Waals surface area contributed by atoms with E-state index in [0.29, 0.717) is 12.3 Å². The molecule has 1 aliphatic rings. The van der Waals surface area contributed by atoms with Gasteiger partial charge in [-0.3, -0.25) is 0 Å². The lowest BCUT2D eigenvalue weighted by Crippen LogP contribution is -2.12. The van der Waals surface area contributed by atoms with Gasteiger partial charge in [-0.15, -0.1) is 11.6 Å². The van der Waals surface area contributed by atoms with Gasteiger partial charge < -0.3 is 10.8 Å². The van der Waals surface area contributed by atoms with Crippen LogP contribution in [0.5, 0.6) is 0 Å². The number of nitrogens with zero attached hydrogens (tertiary/aromatic N) is 1. The highest BCUT2D eigenvalue weighted by Crippen LogP contribution is 2.26. The molecule has 0 saturated carbocycles. The lowest BCUT2D eigenvalue weighted by Gasteiger charge is -2.00. The predicted octanol–water partition coefficient (Wildman–Crippen LogP) is 1.37. The van der Waals surface area contributed by atoms with Crippen LogP contribution >= 0.6 is 11.6 Å². The number of aliphatic hydroxyl groups excluding tert-OH is 1. The summed E-state index contributed by atoms with van der Waals surface area (Å²) in [6.45, 7) is 0. The number of nitrogens with two attached hydrogens (primary N) is 1. The van der Waals surface area contributed by atoms with Crippen LogP contribution in [0.15, 0.2) is 23.2 Å². The van der Waals surface area contributed by atoms with E-state index in [4.69, 9.17) is 17.3 Å². The summed E-state index contributed by atoms with van der Waals surface area (Å²) in [5, 5.41) is 9.49. The van der Waals surface area contributed by atoms with Gasteiger partial charge in [-0.05, 0) is 36.1 Å². The molecule has 0 aromatic heterocycles. The molecule has 1 atom stereocenters. The second kappa shape index (κ2) is 4.21. The first-order valence-corrected chi connectivity index (χ1v) is 5.41. The first-order chi connectivity index (χ1) is 7.19. The van der Waals surface area contributed by atoms with E-state index in [1.165, 1.54) is 5.56 Å². The van der Waals surface area contributed by atoms with Crippen molar-refractivity contribution < 1.29 is 5.11 Å². The Morgan fingerprint density at radius 3 is 2.93 bits per heavy atom. The van der Waals surface area contributed by atoms with E-state index in [1.807, 2.05) is 18.2 Å². The van der Waals surface area contributed by atoms with Gasteiger partial charge >= 0.3 is 0 Å². The topological polar surface area (TPSA) is 58.6 Å². The summed E-state index contributed by atoms with van der Waals surface area (Å²) in [6, 6.07) is 5.85. The van der Waals surface area contributed by atoms with Crippen LogP contribution in [0.1, 0.15) is 11.1 Å². The molecule has 0 saturated heterocycles. The van der Waals surface area contributed by atoms with Crippen molar-refractivity contribution in [3.63, 3.8) is 0 Å². The number of aliphatic hydroxyl groups is 1. The summed E-state index contributed by atoms with van der Waals surface area (Å²) >= 11 is 5.55. The minimum Gasteiger partial charge on any atom is -0.392 e. The summed E-state index contributed by atoms with van der Waals surface area (Å²) in [5.41, 5.74) is 8.71. The molecule has 0 spiro atoms. The number of halogens is 1. The zero-order valence-electron chi connectivity index (χ0n) is 8.28. The molecule has 0 fully saturated rings. The van der Waals surface area contributed by atoms with Crippen LogP contribution in [0.3, 0.4) is 0 Å². The smallest absolute Gasteiger partial charge is 0.115 e. The fourth-order valence-corrected chi connectivity index (χ4v) is 1.91. The maximum atomic E-state index is 9.49. The molecular formula is C11H13ClN2O. The molecule has 15 heavy (non-hydrogen) atoms. The van der Waals surface area contributed by atoms with Gasteiger partial charge in [-0.25, -0.2) is 4.99 Å². The van der Waals surface area contributed by atoms with E-state index in [2.05, 4.69) is 4.99 Å². The second-order valence-electron chi connectivity index (χ2n) is 3.75. The van der Waals surface area contributed by atoms with Crippen LogP contribution < -0.4 is 5.73 Å². The molecule has 0 amide bonds. The number of fused-ring (bicyclic) bond motifs is 1. The molecule has 2 rings (SSSR count). The van der Waals surface area contributed by atoms with Gasteiger partial charge in [0.15, 0.2) is 0 Å². The number of aliphatic imine (C=N–C) groups is 1. The van der Waals surface area contributed by atoms with Crippen LogP contribution in [-0.2, 0) is 12.8 Å². The molecule has 3 N–H and O–H groups in total. The Morgan fingerprint density at radius 2 is 2.20 bits per heavy atom. The van der Waals surface area contributed by atoms with Crippen molar-refractivity contribution in [2.24, 2.45) is 10.7 Å². The lowest BCUT2D eigenvalue weighted by molar-refractivity contribution is 0.187. The zero-order valence-corrected chi connectivity index (χ0v) is 9.04. The standard InChI is InChI=1S/C11H13ClN2O/c12-6-11(13)14-9-2-1-7-4-10(15)5-8(7)3-9/h1-3,10,15H,4-6H2,(H2,13,14).